The van der Waals surface area contributed by atoms with E-state index in [1.54, 1.807) is 12.1 Å². The van der Waals surface area contributed by atoms with Crippen LogP contribution in [0, 0.1) is 12.7 Å². The summed E-state index contributed by atoms with van der Waals surface area (Å²) in [7, 11) is 0. The molecule has 0 saturated heterocycles. The maximum Gasteiger partial charge on any atom is 0.239 e. The van der Waals surface area contributed by atoms with E-state index in [0.717, 1.165) is 16.7 Å². The van der Waals surface area contributed by atoms with Gasteiger partial charge in [0.05, 0.1) is 0 Å². The van der Waals surface area contributed by atoms with E-state index in [1.807, 2.05) is 25.1 Å². The van der Waals surface area contributed by atoms with Crippen molar-refractivity contribution in [3.63, 3.8) is 0 Å². The standard InChI is InChI=1S/C18H18FN3O2/c1-11-3-2-4-14-16(11)22-15(24-14)9-10-21-17(18(20)23)12-5-7-13(19)8-6-12/h2-8,17,21H,9-10H2,1H3,(H2,20,23). The van der Waals surface area contributed by atoms with Gasteiger partial charge in [-0.25, -0.2) is 9.37 Å². The fourth-order valence-corrected chi connectivity index (χ4v) is 2.60. The maximum atomic E-state index is 13.0. The predicted octanol–water partition coefficient (Wildman–Crippen LogP) is 2.63. The summed E-state index contributed by atoms with van der Waals surface area (Å²) in [6, 6.07) is 10.8. The number of benzene rings is 2. The number of carbonyl (C=O) groups excluding carboxylic acids is 1. The summed E-state index contributed by atoms with van der Waals surface area (Å²) in [5, 5.41) is 3.07. The van der Waals surface area contributed by atoms with Crippen LogP contribution in [-0.4, -0.2) is 17.4 Å². The molecule has 1 heterocycles. The van der Waals surface area contributed by atoms with Crippen LogP contribution in [0.15, 0.2) is 46.9 Å². The molecule has 3 rings (SSSR count). The summed E-state index contributed by atoms with van der Waals surface area (Å²) < 4.78 is 18.7. The van der Waals surface area contributed by atoms with Crippen molar-refractivity contribution in [2.24, 2.45) is 5.73 Å². The summed E-state index contributed by atoms with van der Waals surface area (Å²) in [6.45, 7) is 2.43. The van der Waals surface area contributed by atoms with E-state index in [-0.39, 0.29) is 5.82 Å². The normalized spacial score (nSPS) is 12.4. The van der Waals surface area contributed by atoms with Crippen LogP contribution in [0.5, 0.6) is 0 Å². The first-order valence-electron chi connectivity index (χ1n) is 7.68. The first-order valence-corrected chi connectivity index (χ1v) is 7.68. The van der Waals surface area contributed by atoms with Gasteiger partial charge in [0.15, 0.2) is 11.5 Å². The molecule has 1 aromatic heterocycles. The van der Waals surface area contributed by atoms with Gasteiger partial charge in [0.25, 0.3) is 0 Å². The molecule has 6 heteroatoms. The number of hydrogen-bond acceptors (Lipinski definition) is 4. The molecular formula is C18H18FN3O2. The summed E-state index contributed by atoms with van der Waals surface area (Å²) >= 11 is 0. The zero-order chi connectivity index (χ0) is 17.1. The quantitative estimate of drug-likeness (QED) is 0.729. The van der Waals surface area contributed by atoms with Gasteiger partial charge < -0.3 is 15.5 Å². The van der Waals surface area contributed by atoms with Crippen molar-refractivity contribution in [2.75, 3.05) is 6.54 Å². The number of nitrogens with zero attached hydrogens (tertiary/aromatic N) is 1. The van der Waals surface area contributed by atoms with Gasteiger partial charge in [-0.15, -0.1) is 0 Å². The topological polar surface area (TPSA) is 81.1 Å². The van der Waals surface area contributed by atoms with Crippen LogP contribution < -0.4 is 11.1 Å². The minimum Gasteiger partial charge on any atom is -0.441 e. The number of rotatable bonds is 6. The Balaban J connectivity index is 1.67. The van der Waals surface area contributed by atoms with Crippen LogP contribution in [0.4, 0.5) is 4.39 Å². The monoisotopic (exact) mass is 327 g/mol. The summed E-state index contributed by atoms with van der Waals surface area (Å²) in [4.78, 5) is 16.1. The van der Waals surface area contributed by atoms with Crippen molar-refractivity contribution < 1.29 is 13.6 Å². The van der Waals surface area contributed by atoms with Crippen molar-refractivity contribution >= 4 is 17.0 Å². The van der Waals surface area contributed by atoms with Crippen LogP contribution in [0.25, 0.3) is 11.1 Å². The number of aryl methyl sites for hydroxylation is 1. The van der Waals surface area contributed by atoms with Gasteiger partial charge in [-0.2, -0.15) is 0 Å². The SMILES string of the molecule is Cc1cccc2oc(CCNC(C(N)=O)c3ccc(F)cc3)nc12. The Morgan fingerprint density at radius 1 is 1.29 bits per heavy atom. The van der Waals surface area contributed by atoms with Crippen LogP contribution >= 0.6 is 0 Å². The molecule has 24 heavy (non-hydrogen) atoms. The van der Waals surface area contributed by atoms with Gasteiger partial charge in [-0.3, -0.25) is 4.79 Å². The number of halogens is 1. The number of nitrogens with one attached hydrogen (secondary N) is 1. The molecule has 2 aromatic carbocycles. The second-order valence-corrected chi connectivity index (χ2v) is 5.62. The third kappa shape index (κ3) is 3.44. The lowest BCUT2D eigenvalue weighted by atomic mass is 10.1. The Bertz CT molecular complexity index is 858. The van der Waals surface area contributed by atoms with E-state index in [0.29, 0.717) is 24.4 Å². The smallest absolute Gasteiger partial charge is 0.239 e. The Morgan fingerprint density at radius 2 is 2.04 bits per heavy atom. The van der Waals surface area contributed by atoms with Gasteiger partial charge in [0.2, 0.25) is 5.91 Å². The van der Waals surface area contributed by atoms with Gasteiger partial charge in [-0.05, 0) is 36.2 Å². The van der Waals surface area contributed by atoms with E-state index in [1.165, 1.54) is 12.1 Å². The number of amides is 1. The molecule has 1 unspecified atom stereocenters. The van der Waals surface area contributed by atoms with Crippen molar-refractivity contribution in [3.05, 3.63) is 65.3 Å². The van der Waals surface area contributed by atoms with Crippen molar-refractivity contribution in [3.8, 4) is 0 Å². The maximum absolute atomic E-state index is 13.0. The Morgan fingerprint density at radius 3 is 2.71 bits per heavy atom. The third-order valence-corrected chi connectivity index (χ3v) is 3.84. The first kappa shape index (κ1) is 16.1. The van der Waals surface area contributed by atoms with E-state index < -0.39 is 11.9 Å². The minimum atomic E-state index is -0.684. The molecule has 1 atom stereocenters. The Kier molecular flexibility index (Phi) is 4.57. The molecule has 0 aliphatic heterocycles. The highest BCUT2D eigenvalue weighted by molar-refractivity contribution is 5.81. The number of primary amides is 1. The third-order valence-electron chi connectivity index (χ3n) is 3.84. The molecule has 0 aliphatic carbocycles. The molecule has 0 fully saturated rings. The van der Waals surface area contributed by atoms with Crippen LogP contribution in [-0.2, 0) is 11.2 Å². The average Bonchev–Trinajstić information content (AvgIpc) is 2.97. The van der Waals surface area contributed by atoms with Crippen molar-refractivity contribution in [2.45, 2.75) is 19.4 Å². The molecule has 0 spiro atoms. The number of oxazole rings is 1. The highest BCUT2D eigenvalue weighted by Crippen LogP contribution is 2.19. The fourth-order valence-electron chi connectivity index (χ4n) is 2.60. The summed E-state index contributed by atoms with van der Waals surface area (Å²) in [5.74, 6) is -0.284. The first-order chi connectivity index (χ1) is 11.5. The van der Waals surface area contributed by atoms with E-state index in [9.17, 15) is 9.18 Å². The molecule has 5 nitrogen and oxygen atoms in total. The summed E-state index contributed by atoms with van der Waals surface area (Å²) in [5.41, 5.74) is 8.70. The highest BCUT2D eigenvalue weighted by atomic mass is 19.1. The van der Waals surface area contributed by atoms with Crippen LogP contribution in [0.2, 0.25) is 0 Å². The second kappa shape index (κ2) is 6.80. The van der Waals surface area contributed by atoms with E-state index >= 15 is 0 Å². The number of fused-ring (bicyclic) bond motifs is 1. The molecule has 0 radical (unpaired) electrons. The Labute approximate surface area is 138 Å². The average molecular weight is 327 g/mol. The second-order valence-electron chi connectivity index (χ2n) is 5.62. The lowest BCUT2D eigenvalue weighted by molar-refractivity contribution is -0.120. The summed E-state index contributed by atoms with van der Waals surface area (Å²) in [6.07, 6.45) is 0.513. The Hall–Kier alpha value is -2.73. The largest absolute Gasteiger partial charge is 0.441 e. The van der Waals surface area contributed by atoms with Crippen LogP contribution in [0.3, 0.4) is 0 Å². The van der Waals surface area contributed by atoms with E-state index in [2.05, 4.69) is 10.3 Å². The fraction of sp³-hybridized carbons (Fsp3) is 0.222. The lowest BCUT2D eigenvalue weighted by Gasteiger charge is -2.15. The van der Waals surface area contributed by atoms with Gasteiger partial charge in [-0.1, -0.05) is 24.3 Å². The minimum absolute atomic E-state index is 0.358. The number of hydrogen-bond donors (Lipinski definition) is 2. The lowest BCUT2D eigenvalue weighted by Crippen LogP contribution is -2.34. The zero-order valence-corrected chi connectivity index (χ0v) is 13.3. The molecule has 0 aliphatic rings. The molecule has 124 valence electrons. The zero-order valence-electron chi connectivity index (χ0n) is 13.3. The molecule has 0 bridgehead atoms. The van der Waals surface area contributed by atoms with Gasteiger partial charge in [0, 0.05) is 13.0 Å². The number of aromatic nitrogens is 1. The molecule has 3 aromatic rings. The van der Waals surface area contributed by atoms with Crippen LogP contribution in [0.1, 0.15) is 23.1 Å². The number of para-hydroxylation sites is 1. The molecule has 1 amide bonds. The highest BCUT2D eigenvalue weighted by Gasteiger charge is 2.17. The molecular weight excluding hydrogens is 309 g/mol. The van der Waals surface area contributed by atoms with Gasteiger partial charge >= 0.3 is 0 Å². The van der Waals surface area contributed by atoms with E-state index in [4.69, 9.17) is 10.2 Å². The molecule has 3 N–H and O–H groups in total. The van der Waals surface area contributed by atoms with Crippen molar-refractivity contribution in [1.82, 2.24) is 10.3 Å². The number of carbonyl (C=O) groups is 1. The van der Waals surface area contributed by atoms with Gasteiger partial charge in [0.1, 0.15) is 17.4 Å². The number of nitrogens with two attached hydrogens (primary N) is 1. The van der Waals surface area contributed by atoms with Crippen molar-refractivity contribution in [1.29, 1.82) is 0 Å². The predicted molar refractivity (Wildman–Crippen MR) is 88.8 cm³/mol. The molecule has 0 saturated carbocycles.